The second-order valence-corrected chi connectivity index (χ2v) is 9.27. The number of nitrogens with zero attached hydrogens (tertiary/aromatic N) is 1. The standard InChI is InChI=1S/C25H28ClNO3/c1-16-8-10-18(11-9-16)24-22(19-6-3-7-21(26)12-19)13-20(14-23(28)29)25(30)27(24)15-17-4-2-5-17/h3,6-12,17,20,22,24H,2,4-5,13-15H2,1H3,(H,28,29)/t20-,22+,24?/m0/s1. The van der Waals surface area contributed by atoms with Crippen molar-refractivity contribution in [3.8, 4) is 0 Å². The predicted molar refractivity (Wildman–Crippen MR) is 118 cm³/mol. The molecule has 1 aliphatic heterocycles. The van der Waals surface area contributed by atoms with E-state index in [-0.39, 0.29) is 24.3 Å². The molecule has 0 aromatic heterocycles. The number of halogens is 1. The number of carbonyl (C=O) groups excluding carboxylic acids is 1. The van der Waals surface area contributed by atoms with Crippen molar-refractivity contribution < 1.29 is 14.7 Å². The van der Waals surface area contributed by atoms with Gasteiger partial charge < -0.3 is 10.0 Å². The Balaban J connectivity index is 1.78. The van der Waals surface area contributed by atoms with E-state index in [1.54, 1.807) is 0 Å². The van der Waals surface area contributed by atoms with Crippen molar-refractivity contribution in [2.75, 3.05) is 6.54 Å². The maximum atomic E-state index is 13.5. The molecule has 4 rings (SSSR count). The van der Waals surface area contributed by atoms with Crippen molar-refractivity contribution in [1.82, 2.24) is 4.90 Å². The maximum Gasteiger partial charge on any atom is 0.304 e. The molecule has 3 atom stereocenters. The highest BCUT2D eigenvalue weighted by Crippen LogP contribution is 2.47. The fourth-order valence-corrected chi connectivity index (χ4v) is 5.09. The fraction of sp³-hybridized carbons (Fsp3) is 0.440. The summed E-state index contributed by atoms with van der Waals surface area (Å²) < 4.78 is 0. The lowest BCUT2D eigenvalue weighted by atomic mass is 9.73. The van der Waals surface area contributed by atoms with Gasteiger partial charge >= 0.3 is 5.97 Å². The molecule has 2 fully saturated rings. The maximum absolute atomic E-state index is 13.5. The first-order valence-electron chi connectivity index (χ1n) is 10.8. The summed E-state index contributed by atoms with van der Waals surface area (Å²) in [5, 5.41) is 10.1. The van der Waals surface area contributed by atoms with Crippen LogP contribution in [0.15, 0.2) is 48.5 Å². The van der Waals surface area contributed by atoms with E-state index in [4.69, 9.17) is 11.6 Å². The van der Waals surface area contributed by atoms with Crippen molar-refractivity contribution in [2.45, 2.75) is 51.0 Å². The number of aryl methyl sites for hydroxylation is 1. The van der Waals surface area contributed by atoms with E-state index in [0.717, 1.165) is 24.0 Å². The summed E-state index contributed by atoms with van der Waals surface area (Å²) in [5.74, 6) is -0.934. The molecule has 0 radical (unpaired) electrons. The molecule has 1 N–H and O–H groups in total. The Morgan fingerprint density at radius 3 is 2.47 bits per heavy atom. The van der Waals surface area contributed by atoms with Crippen molar-refractivity contribution in [3.05, 3.63) is 70.2 Å². The van der Waals surface area contributed by atoms with Gasteiger partial charge in [0.2, 0.25) is 5.91 Å². The normalized spacial score (nSPS) is 24.5. The Morgan fingerprint density at radius 2 is 1.87 bits per heavy atom. The van der Waals surface area contributed by atoms with Gasteiger partial charge in [0.05, 0.1) is 12.5 Å². The number of likely N-dealkylation sites (tertiary alicyclic amines) is 1. The monoisotopic (exact) mass is 425 g/mol. The molecule has 1 amide bonds. The number of hydrogen-bond donors (Lipinski definition) is 1. The van der Waals surface area contributed by atoms with Crippen LogP contribution < -0.4 is 0 Å². The van der Waals surface area contributed by atoms with E-state index in [9.17, 15) is 14.7 Å². The quantitative estimate of drug-likeness (QED) is 0.655. The molecule has 2 aromatic rings. The number of amides is 1. The van der Waals surface area contributed by atoms with Crippen LogP contribution in [-0.4, -0.2) is 28.4 Å². The summed E-state index contributed by atoms with van der Waals surface area (Å²) in [6.45, 7) is 2.75. The van der Waals surface area contributed by atoms with Gasteiger partial charge in [-0.05, 0) is 55.4 Å². The largest absolute Gasteiger partial charge is 0.481 e. The van der Waals surface area contributed by atoms with Crippen LogP contribution in [0, 0.1) is 18.8 Å². The van der Waals surface area contributed by atoms with E-state index in [0.29, 0.717) is 23.9 Å². The summed E-state index contributed by atoms with van der Waals surface area (Å²) in [6, 6.07) is 16.1. The van der Waals surface area contributed by atoms with Crippen LogP contribution in [-0.2, 0) is 9.59 Å². The summed E-state index contributed by atoms with van der Waals surface area (Å²) in [7, 11) is 0. The van der Waals surface area contributed by atoms with Crippen molar-refractivity contribution in [1.29, 1.82) is 0 Å². The van der Waals surface area contributed by atoms with E-state index in [1.165, 1.54) is 12.0 Å². The lowest BCUT2D eigenvalue weighted by Gasteiger charge is -2.47. The fourth-order valence-electron chi connectivity index (χ4n) is 4.90. The SMILES string of the molecule is Cc1ccc(C2[C@@H](c3cccc(Cl)c3)C[C@@H](CC(=O)O)C(=O)N2CC2CCC2)cc1. The lowest BCUT2D eigenvalue weighted by Crippen LogP contribution is -2.49. The van der Waals surface area contributed by atoms with Crippen molar-refractivity contribution in [2.24, 2.45) is 11.8 Å². The molecule has 1 saturated carbocycles. The summed E-state index contributed by atoms with van der Waals surface area (Å²) >= 11 is 6.31. The van der Waals surface area contributed by atoms with Crippen LogP contribution in [0.4, 0.5) is 0 Å². The third-order valence-electron chi connectivity index (χ3n) is 6.68. The van der Waals surface area contributed by atoms with Crippen LogP contribution >= 0.6 is 11.6 Å². The van der Waals surface area contributed by atoms with Crippen LogP contribution in [0.25, 0.3) is 0 Å². The third-order valence-corrected chi connectivity index (χ3v) is 6.92. The average Bonchev–Trinajstić information content (AvgIpc) is 2.67. The molecule has 1 aliphatic carbocycles. The molecule has 0 spiro atoms. The average molecular weight is 426 g/mol. The minimum Gasteiger partial charge on any atom is -0.481 e. The Labute approximate surface area is 182 Å². The molecule has 30 heavy (non-hydrogen) atoms. The number of rotatable bonds is 6. The van der Waals surface area contributed by atoms with Gasteiger partial charge in [0.25, 0.3) is 0 Å². The Morgan fingerprint density at radius 1 is 1.13 bits per heavy atom. The van der Waals surface area contributed by atoms with Crippen LogP contribution in [0.3, 0.4) is 0 Å². The Bertz CT molecular complexity index is 922. The van der Waals surface area contributed by atoms with E-state index >= 15 is 0 Å². The van der Waals surface area contributed by atoms with Crippen molar-refractivity contribution in [3.63, 3.8) is 0 Å². The van der Waals surface area contributed by atoms with E-state index in [2.05, 4.69) is 31.2 Å². The molecule has 1 saturated heterocycles. The second-order valence-electron chi connectivity index (χ2n) is 8.84. The molecule has 158 valence electrons. The van der Waals surface area contributed by atoms with Gasteiger partial charge in [-0.15, -0.1) is 0 Å². The van der Waals surface area contributed by atoms with E-state index in [1.807, 2.05) is 29.2 Å². The highest BCUT2D eigenvalue weighted by atomic mass is 35.5. The summed E-state index contributed by atoms with van der Waals surface area (Å²) in [5.41, 5.74) is 3.34. The molecule has 2 aromatic carbocycles. The first kappa shape index (κ1) is 20.9. The number of carboxylic acid groups (broad SMARTS) is 1. The Hall–Kier alpha value is -2.33. The molecule has 4 nitrogen and oxygen atoms in total. The molecule has 1 unspecified atom stereocenters. The van der Waals surface area contributed by atoms with E-state index < -0.39 is 11.9 Å². The molecule has 5 heteroatoms. The van der Waals surface area contributed by atoms with Gasteiger partial charge in [-0.25, -0.2) is 0 Å². The summed E-state index contributed by atoms with van der Waals surface area (Å²) in [6.07, 6.45) is 3.87. The number of aliphatic carboxylic acids is 1. The molecular formula is C25H28ClNO3. The minimum absolute atomic E-state index is 0.00790. The molecular weight excluding hydrogens is 398 g/mol. The zero-order valence-electron chi connectivity index (χ0n) is 17.3. The zero-order valence-corrected chi connectivity index (χ0v) is 18.0. The van der Waals surface area contributed by atoms with Gasteiger partial charge in [-0.2, -0.15) is 0 Å². The van der Waals surface area contributed by atoms with Crippen molar-refractivity contribution >= 4 is 23.5 Å². The Kier molecular flexibility index (Phi) is 6.14. The van der Waals surface area contributed by atoms with Crippen LogP contribution in [0.5, 0.6) is 0 Å². The minimum atomic E-state index is -0.921. The highest BCUT2D eigenvalue weighted by molar-refractivity contribution is 6.30. The first-order chi connectivity index (χ1) is 14.4. The number of piperidine rings is 1. The van der Waals surface area contributed by atoms with Gasteiger partial charge in [0.15, 0.2) is 0 Å². The summed E-state index contributed by atoms with van der Waals surface area (Å²) in [4.78, 5) is 27.0. The first-order valence-corrected chi connectivity index (χ1v) is 11.1. The second kappa shape index (κ2) is 8.81. The van der Waals surface area contributed by atoms with Gasteiger partial charge in [-0.1, -0.05) is 60.0 Å². The van der Waals surface area contributed by atoms with Crippen LogP contribution in [0.2, 0.25) is 5.02 Å². The smallest absolute Gasteiger partial charge is 0.304 e. The van der Waals surface area contributed by atoms with Gasteiger partial charge in [-0.3, -0.25) is 9.59 Å². The lowest BCUT2D eigenvalue weighted by molar-refractivity contribution is -0.150. The van der Waals surface area contributed by atoms with Gasteiger partial charge in [0, 0.05) is 23.4 Å². The predicted octanol–water partition coefficient (Wildman–Crippen LogP) is 5.60. The zero-order chi connectivity index (χ0) is 21.3. The number of hydrogen-bond acceptors (Lipinski definition) is 2. The number of carbonyl (C=O) groups is 2. The topological polar surface area (TPSA) is 57.6 Å². The molecule has 2 aliphatic rings. The number of carboxylic acids is 1. The highest BCUT2D eigenvalue weighted by Gasteiger charge is 2.44. The van der Waals surface area contributed by atoms with Crippen LogP contribution in [0.1, 0.15) is 60.8 Å². The van der Waals surface area contributed by atoms with Gasteiger partial charge in [0.1, 0.15) is 0 Å². The molecule has 1 heterocycles. The number of benzene rings is 2. The molecule has 0 bridgehead atoms. The third kappa shape index (κ3) is 4.39.